The monoisotopic (exact) mass is 335 g/mol. The number of benzene rings is 1. The zero-order valence-corrected chi connectivity index (χ0v) is 13.6. The van der Waals surface area contributed by atoms with Crippen LogP contribution in [0.5, 0.6) is 0 Å². The summed E-state index contributed by atoms with van der Waals surface area (Å²) in [5, 5.41) is 1.89. The molecule has 0 N–H and O–H groups in total. The lowest BCUT2D eigenvalue weighted by Gasteiger charge is -2.30. The van der Waals surface area contributed by atoms with Crippen molar-refractivity contribution in [3.05, 3.63) is 52.7 Å². The van der Waals surface area contributed by atoms with Crippen LogP contribution in [0.15, 0.2) is 52.7 Å². The minimum atomic E-state index is -3.44. The Kier molecular flexibility index (Phi) is 4.42. The molecule has 3 rings (SSSR count). The Bertz CT molecular complexity index is 731. The molecule has 0 radical (unpaired) electrons. The number of ketones is 1. The van der Waals surface area contributed by atoms with E-state index in [1.807, 2.05) is 17.5 Å². The third-order valence-electron chi connectivity index (χ3n) is 3.97. The number of nitrogens with zero attached hydrogens (tertiary/aromatic N) is 1. The van der Waals surface area contributed by atoms with Crippen molar-refractivity contribution in [1.82, 2.24) is 4.31 Å². The number of piperidine rings is 1. The molecule has 1 aromatic heterocycles. The summed E-state index contributed by atoms with van der Waals surface area (Å²) >= 11 is 1.45. The molecule has 0 unspecified atom stereocenters. The zero-order valence-electron chi connectivity index (χ0n) is 12.0. The zero-order chi connectivity index (χ0) is 15.6. The van der Waals surface area contributed by atoms with Gasteiger partial charge in [-0.3, -0.25) is 4.79 Å². The highest BCUT2D eigenvalue weighted by atomic mass is 32.2. The first-order valence-electron chi connectivity index (χ1n) is 7.22. The van der Waals surface area contributed by atoms with Crippen molar-refractivity contribution < 1.29 is 13.2 Å². The van der Waals surface area contributed by atoms with Gasteiger partial charge in [-0.25, -0.2) is 8.42 Å². The van der Waals surface area contributed by atoms with Crippen molar-refractivity contribution in [3.8, 4) is 0 Å². The second-order valence-corrected chi connectivity index (χ2v) is 8.22. The Morgan fingerprint density at radius 1 is 1.05 bits per heavy atom. The highest BCUT2D eigenvalue weighted by Gasteiger charge is 2.32. The van der Waals surface area contributed by atoms with E-state index in [2.05, 4.69) is 0 Å². The maximum Gasteiger partial charge on any atom is 0.243 e. The number of carbonyl (C=O) groups excluding carboxylic acids is 1. The van der Waals surface area contributed by atoms with E-state index in [4.69, 9.17) is 0 Å². The van der Waals surface area contributed by atoms with Gasteiger partial charge >= 0.3 is 0 Å². The summed E-state index contributed by atoms with van der Waals surface area (Å²) in [5.74, 6) is 0.0765. The molecule has 1 aliphatic heterocycles. The molecule has 116 valence electrons. The van der Waals surface area contributed by atoms with E-state index in [0.717, 1.165) is 4.88 Å². The van der Waals surface area contributed by atoms with E-state index in [-0.39, 0.29) is 11.7 Å². The number of hydrogen-bond acceptors (Lipinski definition) is 4. The van der Waals surface area contributed by atoms with E-state index in [1.165, 1.54) is 15.6 Å². The van der Waals surface area contributed by atoms with E-state index in [0.29, 0.717) is 30.8 Å². The van der Waals surface area contributed by atoms with Crippen LogP contribution in [0.1, 0.15) is 22.5 Å². The van der Waals surface area contributed by atoms with Crippen molar-refractivity contribution in [2.75, 3.05) is 13.1 Å². The van der Waals surface area contributed by atoms with Crippen LogP contribution in [0.25, 0.3) is 0 Å². The lowest BCUT2D eigenvalue weighted by Crippen LogP contribution is -2.40. The van der Waals surface area contributed by atoms with Gasteiger partial charge in [0.25, 0.3) is 0 Å². The molecule has 6 heteroatoms. The van der Waals surface area contributed by atoms with Crippen molar-refractivity contribution in [1.29, 1.82) is 0 Å². The van der Waals surface area contributed by atoms with E-state index in [1.54, 1.807) is 30.3 Å². The van der Waals surface area contributed by atoms with Crippen LogP contribution in [-0.2, 0) is 10.0 Å². The van der Waals surface area contributed by atoms with Gasteiger partial charge in [-0.05, 0) is 36.4 Å². The predicted octanol–water partition coefficient (Wildman–Crippen LogP) is 3.03. The largest absolute Gasteiger partial charge is 0.293 e. The standard InChI is InChI=1S/C16H17NO3S2/c18-16(15-7-4-12-21-15)13-8-10-17(11-9-13)22(19,20)14-5-2-1-3-6-14/h1-7,12-13H,8-11H2. The number of hydrogen-bond donors (Lipinski definition) is 0. The minimum absolute atomic E-state index is 0.0686. The third kappa shape index (κ3) is 2.99. The second kappa shape index (κ2) is 6.32. The summed E-state index contributed by atoms with van der Waals surface area (Å²) in [6.07, 6.45) is 1.17. The molecule has 0 spiro atoms. The van der Waals surface area contributed by atoms with E-state index in [9.17, 15) is 13.2 Å². The maximum absolute atomic E-state index is 12.5. The lowest BCUT2D eigenvalue weighted by molar-refractivity contribution is 0.0879. The molecule has 4 nitrogen and oxygen atoms in total. The number of rotatable bonds is 4. The molecule has 1 saturated heterocycles. The number of thiophene rings is 1. The van der Waals surface area contributed by atoms with Gasteiger partial charge in [0, 0.05) is 19.0 Å². The summed E-state index contributed by atoms with van der Waals surface area (Å²) in [4.78, 5) is 13.4. The molecular weight excluding hydrogens is 318 g/mol. The molecule has 0 atom stereocenters. The Morgan fingerprint density at radius 2 is 1.73 bits per heavy atom. The Hall–Kier alpha value is -1.50. The summed E-state index contributed by atoms with van der Waals surface area (Å²) in [5.41, 5.74) is 0. The highest BCUT2D eigenvalue weighted by Crippen LogP contribution is 2.27. The van der Waals surface area contributed by atoms with Crippen LogP contribution in [0.3, 0.4) is 0 Å². The van der Waals surface area contributed by atoms with Crippen molar-refractivity contribution >= 4 is 27.1 Å². The van der Waals surface area contributed by atoms with Gasteiger partial charge in [-0.1, -0.05) is 24.3 Å². The SMILES string of the molecule is O=C(c1cccs1)C1CCN(S(=O)(=O)c2ccccc2)CC1. The predicted molar refractivity (Wildman–Crippen MR) is 86.6 cm³/mol. The molecule has 2 aromatic rings. The first-order chi connectivity index (χ1) is 10.6. The van der Waals surface area contributed by atoms with Crippen LogP contribution in [0.2, 0.25) is 0 Å². The fourth-order valence-corrected chi connectivity index (χ4v) is 4.95. The first-order valence-corrected chi connectivity index (χ1v) is 9.54. The summed E-state index contributed by atoms with van der Waals surface area (Å²) in [6, 6.07) is 12.2. The smallest absolute Gasteiger partial charge is 0.243 e. The molecule has 1 aromatic carbocycles. The molecule has 0 bridgehead atoms. The van der Waals surface area contributed by atoms with Crippen LogP contribution in [-0.4, -0.2) is 31.6 Å². The van der Waals surface area contributed by atoms with Crippen LogP contribution >= 0.6 is 11.3 Å². The average molecular weight is 335 g/mol. The van der Waals surface area contributed by atoms with Crippen LogP contribution in [0.4, 0.5) is 0 Å². The van der Waals surface area contributed by atoms with Crippen LogP contribution in [0, 0.1) is 5.92 Å². The molecule has 22 heavy (non-hydrogen) atoms. The summed E-state index contributed by atoms with van der Waals surface area (Å²) < 4.78 is 26.6. The van der Waals surface area contributed by atoms with E-state index < -0.39 is 10.0 Å². The fraction of sp³-hybridized carbons (Fsp3) is 0.312. The third-order valence-corrected chi connectivity index (χ3v) is 6.77. The number of sulfonamides is 1. The Labute approximate surface area is 134 Å². The lowest BCUT2D eigenvalue weighted by atomic mass is 9.93. The maximum atomic E-state index is 12.5. The van der Waals surface area contributed by atoms with Crippen LogP contribution < -0.4 is 0 Å². The minimum Gasteiger partial charge on any atom is -0.293 e. The molecule has 1 fully saturated rings. The molecule has 1 aliphatic rings. The van der Waals surface area contributed by atoms with Gasteiger partial charge in [-0.2, -0.15) is 4.31 Å². The molecular formula is C16H17NO3S2. The Morgan fingerprint density at radius 3 is 2.32 bits per heavy atom. The van der Waals surface area contributed by atoms with Gasteiger partial charge in [0.2, 0.25) is 10.0 Å². The topological polar surface area (TPSA) is 54.5 Å². The molecule has 0 amide bonds. The fourth-order valence-electron chi connectivity index (χ4n) is 2.72. The van der Waals surface area contributed by atoms with Gasteiger partial charge < -0.3 is 0 Å². The van der Waals surface area contributed by atoms with E-state index >= 15 is 0 Å². The van der Waals surface area contributed by atoms with Gasteiger partial charge in [0.15, 0.2) is 5.78 Å². The first kappa shape index (κ1) is 15.4. The van der Waals surface area contributed by atoms with Crippen molar-refractivity contribution in [3.63, 3.8) is 0 Å². The van der Waals surface area contributed by atoms with Gasteiger partial charge in [0.1, 0.15) is 0 Å². The molecule has 0 aliphatic carbocycles. The Balaban J connectivity index is 1.68. The summed E-state index contributed by atoms with van der Waals surface area (Å²) in [7, 11) is -3.44. The van der Waals surface area contributed by atoms with Crippen molar-refractivity contribution in [2.45, 2.75) is 17.7 Å². The number of Topliss-reactive ketones (excluding diaryl/α,β-unsaturated/α-hetero) is 1. The summed E-state index contributed by atoms with van der Waals surface area (Å²) in [6.45, 7) is 0.804. The van der Waals surface area contributed by atoms with Crippen molar-refractivity contribution in [2.24, 2.45) is 5.92 Å². The average Bonchev–Trinajstić information content (AvgIpc) is 3.09. The molecule has 0 saturated carbocycles. The molecule has 2 heterocycles. The quantitative estimate of drug-likeness (QED) is 0.807. The normalized spacial score (nSPS) is 17.5. The second-order valence-electron chi connectivity index (χ2n) is 5.33. The van der Waals surface area contributed by atoms with Gasteiger partial charge in [-0.15, -0.1) is 11.3 Å². The number of carbonyl (C=O) groups is 1. The van der Waals surface area contributed by atoms with Gasteiger partial charge in [0.05, 0.1) is 9.77 Å². The highest BCUT2D eigenvalue weighted by molar-refractivity contribution is 7.89.